The van der Waals surface area contributed by atoms with E-state index < -0.39 is 5.60 Å². The summed E-state index contributed by atoms with van der Waals surface area (Å²) >= 11 is 0. The molecule has 0 saturated carbocycles. The van der Waals surface area contributed by atoms with Crippen molar-refractivity contribution in [2.45, 2.75) is 77.0 Å². The maximum absolute atomic E-state index is 12.6. The van der Waals surface area contributed by atoms with Crippen LogP contribution in [0.15, 0.2) is 36.4 Å². The standard InChI is InChI=1S/C19H27NO4.C19H25NO3/c1-19(2,22)10-13-11-20-6-5-12-7-17(23-3)18(24-4)8-14(12)15(20)9-16(13)21;1-12(2)7-14-11-20-6-5-13-8-18(22-3)19(23-4)9-15(13)16(20)10-17(14)21/h7-8,13,15,22H,5-6,9-11H2,1-4H3;8-9,14,16H,1,5-7,10-11H2,2-4H3/t13-,15-;14-,16-/m00/s1. The summed E-state index contributed by atoms with van der Waals surface area (Å²) in [7, 11) is 6.59. The number of benzene rings is 2. The first-order chi connectivity index (χ1) is 22.3. The van der Waals surface area contributed by atoms with Crippen LogP contribution in [0.1, 0.15) is 80.8 Å². The molecule has 47 heavy (non-hydrogen) atoms. The molecule has 4 atom stereocenters. The lowest BCUT2D eigenvalue weighted by molar-refractivity contribution is -0.131. The maximum atomic E-state index is 12.6. The Morgan fingerprint density at radius 2 is 1.17 bits per heavy atom. The Labute approximate surface area is 279 Å². The summed E-state index contributed by atoms with van der Waals surface area (Å²) in [5.41, 5.74) is 5.19. The number of rotatable bonds is 8. The lowest BCUT2D eigenvalue weighted by Crippen LogP contribution is -2.47. The Kier molecular flexibility index (Phi) is 10.7. The van der Waals surface area contributed by atoms with Gasteiger partial charge in [0.2, 0.25) is 0 Å². The molecule has 1 N–H and O–H groups in total. The predicted octanol–water partition coefficient (Wildman–Crippen LogP) is 5.51. The summed E-state index contributed by atoms with van der Waals surface area (Å²) in [5.74, 6) is 3.59. The number of hydrogen-bond acceptors (Lipinski definition) is 9. The van der Waals surface area contributed by atoms with Crippen molar-refractivity contribution in [2.24, 2.45) is 11.8 Å². The number of methoxy groups -OCH3 is 4. The van der Waals surface area contributed by atoms with Crippen LogP contribution in [0, 0.1) is 11.8 Å². The minimum absolute atomic E-state index is 0.0806. The first-order valence-electron chi connectivity index (χ1n) is 16.8. The fourth-order valence-corrected chi connectivity index (χ4v) is 7.94. The Hall–Kier alpha value is -3.40. The van der Waals surface area contributed by atoms with Crippen LogP contribution < -0.4 is 18.9 Å². The van der Waals surface area contributed by atoms with Crippen LogP contribution in [0.3, 0.4) is 0 Å². The molecule has 256 valence electrons. The van der Waals surface area contributed by atoms with Crippen molar-refractivity contribution in [1.82, 2.24) is 9.80 Å². The Bertz CT molecular complexity index is 1500. The van der Waals surface area contributed by atoms with E-state index in [4.69, 9.17) is 18.9 Å². The fourth-order valence-electron chi connectivity index (χ4n) is 7.94. The van der Waals surface area contributed by atoms with Gasteiger partial charge in [-0.15, -0.1) is 6.58 Å². The van der Waals surface area contributed by atoms with E-state index in [2.05, 4.69) is 28.5 Å². The van der Waals surface area contributed by atoms with Crippen molar-refractivity contribution >= 4 is 11.6 Å². The van der Waals surface area contributed by atoms with Crippen LogP contribution in [-0.2, 0) is 22.4 Å². The van der Waals surface area contributed by atoms with E-state index >= 15 is 0 Å². The van der Waals surface area contributed by atoms with Gasteiger partial charge in [0.15, 0.2) is 23.0 Å². The van der Waals surface area contributed by atoms with E-state index in [1.54, 1.807) is 42.3 Å². The third kappa shape index (κ3) is 7.68. The molecule has 4 aliphatic rings. The Balaban J connectivity index is 0.000000185. The van der Waals surface area contributed by atoms with Gasteiger partial charge in [0.05, 0.1) is 34.0 Å². The van der Waals surface area contributed by atoms with Crippen LogP contribution >= 0.6 is 0 Å². The molecule has 0 amide bonds. The minimum atomic E-state index is -0.808. The van der Waals surface area contributed by atoms with Gasteiger partial charge in [-0.25, -0.2) is 0 Å². The molecule has 4 heterocycles. The molecule has 9 heteroatoms. The summed E-state index contributed by atoms with van der Waals surface area (Å²) in [6, 6.07) is 8.47. The van der Waals surface area contributed by atoms with E-state index in [1.165, 1.54) is 22.3 Å². The number of carbonyl (C=O) groups excluding carboxylic acids is 2. The van der Waals surface area contributed by atoms with Crippen LogP contribution in [-0.4, -0.2) is 86.7 Å². The molecule has 0 aliphatic carbocycles. The van der Waals surface area contributed by atoms with Crippen molar-refractivity contribution in [3.05, 3.63) is 58.7 Å². The molecule has 2 saturated heterocycles. The number of carbonyl (C=O) groups is 2. The molecule has 0 aromatic heterocycles. The van der Waals surface area contributed by atoms with Gasteiger partial charge in [-0.05, 0) is 93.0 Å². The maximum Gasteiger partial charge on any atom is 0.161 e. The summed E-state index contributed by atoms with van der Waals surface area (Å²) in [6.45, 7) is 13.0. The topological polar surface area (TPSA) is 97.8 Å². The lowest BCUT2D eigenvalue weighted by Gasteiger charge is -2.44. The molecular formula is C38H52N2O7. The van der Waals surface area contributed by atoms with Crippen LogP contribution in [0.5, 0.6) is 23.0 Å². The average molecular weight is 649 g/mol. The normalized spacial score (nSPS) is 24.1. The van der Waals surface area contributed by atoms with E-state index in [0.29, 0.717) is 30.8 Å². The number of allylic oxidation sites excluding steroid dienone is 1. The summed E-state index contributed by atoms with van der Waals surface area (Å²) in [4.78, 5) is 30.0. The number of fused-ring (bicyclic) bond motifs is 6. The smallest absolute Gasteiger partial charge is 0.161 e. The van der Waals surface area contributed by atoms with Gasteiger partial charge >= 0.3 is 0 Å². The highest BCUT2D eigenvalue weighted by Crippen LogP contribution is 2.44. The van der Waals surface area contributed by atoms with E-state index in [-0.39, 0.29) is 29.7 Å². The van der Waals surface area contributed by atoms with E-state index in [0.717, 1.165) is 68.3 Å². The highest BCUT2D eigenvalue weighted by atomic mass is 16.5. The zero-order chi connectivity index (χ0) is 34.0. The molecule has 0 spiro atoms. The number of Topliss-reactive ketones (excluding diaryl/α,β-unsaturated/α-hetero) is 2. The summed E-state index contributed by atoms with van der Waals surface area (Å²) in [6.07, 6.45) is 4.34. The van der Waals surface area contributed by atoms with Crippen molar-refractivity contribution in [2.75, 3.05) is 54.6 Å². The molecule has 9 nitrogen and oxygen atoms in total. The lowest BCUT2D eigenvalue weighted by atomic mass is 9.79. The molecule has 0 radical (unpaired) electrons. The van der Waals surface area contributed by atoms with Gasteiger partial charge in [-0.1, -0.05) is 5.57 Å². The monoisotopic (exact) mass is 648 g/mol. The number of piperidine rings is 2. The minimum Gasteiger partial charge on any atom is -0.493 e. The van der Waals surface area contributed by atoms with Gasteiger partial charge in [0.1, 0.15) is 11.6 Å². The molecule has 2 aromatic rings. The second-order valence-corrected chi connectivity index (χ2v) is 14.2. The zero-order valence-electron chi connectivity index (χ0n) is 29.2. The second kappa shape index (κ2) is 14.4. The highest BCUT2D eigenvalue weighted by molar-refractivity contribution is 5.84. The van der Waals surface area contributed by atoms with Crippen LogP contribution in [0.4, 0.5) is 0 Å². The number of ketones is 2. The van der Waals surface area contributed by atoms with Gasteiger partial charge in [-0.2, -0.15) is 0 Å². The Morgan fingerprint density at radius 1 is 0.766 bits per heavy atom. The third-order valence-electron chi connectivity index (χ3n) is 10.2. The Morgan fingerprint density at radius 3 is 1.57 bits per heavy atom. The zero-order valence-corrected chi connectivity index (χ0v) is 29.2. The number of nitrogens with zero attached hydrogens (tertiary/aromatic N) is 2. The van der Waals surface area contributed by atoms with Crippen molar-refractivity contribution in [1.29, 1.82) is 0 Å². The molecule has 6 rings (SSSR count). The number of hydrogen-bond donors (Lipinski definition) is 1. The van der Waals surface area contributed by atoms with E-state index in [1.807, 2.05) is 19.1 Å². The predicted molar refractivity (Wildman–Crippen MR) is 182 cm³/mol. The van der Waals surface area contributed by atoms with Gasteiger partial charge < -0.3 is 24.1 Å². The molecule has 2 aromatic carbocycles. The summed E-state index contributed by atoms with van der Waals surface area (Å²) < 4.78 is 21.7. The van der Waals surface area contributed by atoms with Gasteiger partial charge in [0, 0.05) is 62.9 Å². The largest absolute Gasteiger partial charge is 0.493 e. The van der Waals surface area contributed by atoms with E-state index in [9.17, 15) is 14.7 Å². The quantitative estimate of drug-likeness (QED) is 0.372. The molecule has 2 fully saturated rings. The van der Waals surface area contributed by atoms with Crippen molar-refractivity contribution in [3.63, 3.8) is 0 Å². The van der Waals surface area contributed by atoms with Crippen LogP contribution in [0.25, 0.3) is 0 Å². The average Bonchev–Trinajstić information content (AvgIpc) is 3.03. The highest BCUT2D eigenvalue weighted by Gasteiger charge is 2.41. The van der Waals surface area contributed by atoms with Gasteiger partial charge in [-0.3, -0.25) is 19.4 Å². The van der Waals surface area contributed by atoms with Gasteiger partial charge in [0.25, 0.3) is 0 Å². The fraction of sp³-hybridized carbons (Fsp3) is 0.579. The first kappa shape index (κ1) is 34.9. The SMILES string of the molecule is C=C(C)C[C@H]1CN2CCc3cc(OC)c(OC)cc3[C@@H]2CC1=O.COc1cc2c(cc1OC)[C@@H]1CC(=O)[C@@H](CC(C)(C)O)CN1CC2. The summed E-state index contributed by atoms with van der Waals surface area (Å²) in [5, 5.41) is 10.1. The molecule has 0 bridgehead atoms. The second-order valence-electron chi connectivity index (χ2n) is 14.2. The first-order valence-corrected chi connectivity index (χ1v) is 16.8. The van der Waals surface area contributed by atoms with Crippen molar-refractivity contribution in [3.8, 4) is 23.0 Å². The molecule has 0 unspecified atom stereocenters. The van der Waals surface area contributed by atoms with Crippen molar-refractivity contribution < 1.29 is 33.6 Å². The number of aliphatic hydroxyl groups is 1. The molecular weight excluding hydrogens is 596 g/mol. The van der Waals surface area contributed by atoms with Crippen LogP contribution in [0.2, 0.25) is 0 Å². The number of ether oxygens (including phenoxy) is 4. The third-order valence-corrected chi connectivity index (χ3v) is 10.2. The molecule has 4 aliphatic heterocycles.